The van der Waals surface area contributed by atoms with Gasteiger partial charge in [-0.15, -0.1) is 0 Å². The van der Waals surface area contributed by atoms with E-state index in [-0.39, 0.29) is 10.8 Å². The smallest absolute Gasteiger partial charge is 0.408 e. The van der Waals surface area contributed by atoms with Crippen LogP contribution >= 0.6 is 0 Å². The third-order valence-corrected chi connectivity index (χ3v) is 6.09. The predicted octanol–water partition coefficient (Wildman–Crippen LogP) is 1.50. The van der Waals surface area contributed by atoms with E-state index >= 15 is 0 Å². The van der Waals surface area contributed by atoms with Crippen LogP contribution in [0.5, 0.6) is 0 Å². The molecule has 0 bridgehead atoms. The summed E-state index contributed by atoms with van der Waals surface area (Å²) in [5.74, 6) is -0.586. The highest BCUT2D eigenvalue weighted by atomic mass is 32.2. The van der Waals surface area contributed by atoms with E-state index in [2.05, 4.69) is 0 Å². The second kappa shape index (κ2) is 5.51. The van der Waals surface area contributed by atoms with Crippen LogP contribution in [0.2, 0.25) is 0 Å². The van der Waals surface area contributed by atoms with Crippen LogP contribution in [0, 0.1) is 5.92 Å². The molecule has 3 rings (SSSR count). The first kappa shape index (κ1) is 15.2. The number of alkyl halides is 1. The lowest BCUT2D eigenvalue weighted by molar-refractivity contribution is 0.233. The minimum absolute atomic E-state index is 0.0522. The minimum atomic E-state index is -3.64. The monoisotopic (exact) mass is 328 g/mol. The molecule has 8 heteroatoms. The molecule has 120 valence electrons. The number of hydrogen-bond donors (Lipinski definition) is 0. The average Bonchev–Trinajstić information content (AvgIpc) is 2.82. The first-order valence-corrected chi connectivity index (χ1v) is 8.53. The third kappa shape index (κ3) is 2.46. The molecule has 0 unspecified atom stereocenters. The van der Waals surface area contributed by atoms with Gasteiger partial charge in [0.2, 0.25) is 10.0 Å². The minimum Gasteiger partial charge on any atom is -0.408 e. The van der Waals surface area contributed by atoms with Gasteiger partial charge in [0.25, 0.3) is 0 Å². The molecule has 2 aromatic rings. The van der Waals surface area contributed by atoms with Crippen LogP contribution in [0.3, 0.4) is 0 Å². The number of sulfonamides is 1. The van der Waals surface area contributed by atoms with Gasteiger partial charge in [-0.1, -0.05) is 0 Å². The zero-order valence-corrected chi connectivity index (χ0v) is 13.0. The van der Waals surface area contributed by atoms with Crippen molar-refractivity contribution in [3.63, 3.8) is 0 Å². The first-order chi connectivity index (χ1) is 10.4. The van der Waals surface area contributed by atoms with Gasteiger partial charge >= 0.3 is 5.76 Å². The standard InChI is InChI=1S/C14H17FN2O4S/c1-16-12-8-11(2-3-13(12)21-14(16)18)22(19,20)17-6-4-10(9-15)5-7-17/h2-3,8,10H,4-7,9H2,1H3. The van der Waals surface area contributed by atoms with Crippen molar-refractivity contribution in [2.24, 2.45) is 13.0 Å². The largest absolute Gasteiger partial charge is 0.419 e. The zero-order chi connectivity index (χ0) is 15.9. The highest BCUT2D eigenvalue weighted by Crippen LogP contribution is 2.26. The number of fused-ring (bicyclic) bond motifs is 1. The molecule has 1 aromatic heterocycles. The SMILES string of the molecule is Cn1c(=O)oc2ccc(S(=O)(=O)N3CCC(CF)CC3)cc21. The molecule has 1 aromatic carbocycles. The molecule has 0 radical (unpaired) electrons. The van der Waals surface area contributed by atoms with Crippen molar-refractivity contribution < 1.29 is 17.2 Å². The van der Waals surface area contributed by atoms with Crippen LogP contribution in [0.1, 0.15) is 12.8 Å². The number of benzene rings is 1. The molecule has 1 saturated heterocycles. The van der Waals surface area contributed by atoms with Crippen LogP contribution in [-0.4, -0.2) is 37.1 Å². The summed E-state index contributed by atoms with van der Waals surface area (Å²) in [7, 11) is -2.11. The number of rotatable bonds is 3. The van der Waals surface area contributed by atoms with Gasteiger partial charge in [-0.05, 0) is 37.0 Å². The molecule has 0 atom stereocenters. The fourth-order valence-corrected chi connectivity index (χ4v) is 4.21. The van der Waals surface area contributed by atoms with Crippen LogP contribution in [-0.2, 0) is 17.1 Å². The third-order valence-electron chi connectivity index (χ3n) is 4.19. The van der Waals surface area contributed by atoms with Crippen molar-refractivity contribution in [3.8, 4) is 0 Å². The number of nitrogens with zero attached hydrogens (tertiary/aromatic N) is 2. The molecule has 0 amide bonds. The number of halogens is 1. The summed E-state index contributed by atoms with van der Waals surface area (Å²) in [6.45, 7) is 0.232. The van der Waals surface area contributed by atoms with Crippen molar-refractivity contribution >= 4 is 21.1 Å². The maximum atomic E-state index is 12.7. The zero-order valence-electron chi connectivity index (χ0n) is 12.2. The van der Waals surface area contributed by atoms with E-state index in [4.69, 9.17) is 4.42 Å². The second-order valence-corrected chi connectivity index (χ2v) is 7.50. The van der Waals surface area contributed by atoms with Crippen molar-refractivity contribution in [2.75, 3.05) is 19.8 Å². The maximum Gasteiger partial charge on any atom is 0.419 e. The van der Waals surface area contributed by atoms with E-state index < -0.39 is 22.5 Å². The Morgan fingerprint density at radius 1 is 1.32 bits per heavy atom. The normalized spacial score (nSPS) is 18.1. The highest BCUT2D eigenvalue weighted by molar-refractivity contribution is 7.89. The summed E-state index contributed by atoms with van der Waals surface area (Å²) in [5, 5.41) is 0. The van der Waals surface area contributed by atoms with Crippen molar-refractivity contribution in [1.82, 2.24) is 8.87 Å². The van der Waals surface area contributed by atoms with E-state index in [0.717, 1.165) is 0 Å². The fraction of sp³-hybridized carbons (Fsp3) is 0.500. The van der Waals surface area contributed by atoms with E-state index in [0.29, 0.717) is 37.0 Å². The molecule has 2 heterocycles. The van der Waals surface area contributed by atoms with Gasteiger partial charge in [-0.2, -0.15) is 4.31 Å². The summed E-state index contributed by atoms with van der Waals surface area (Å²) in [6.07, 6.45) is 1.06. The summed E-state index contributed by atoms with van der Waals surface area (Å²) in [6, 6.07) is 4.36. The van der Waals surface area contributed by atoms with Gasteiger partial charge in [0, 0.05) is 20.1 Å². The molecule has 1 aliphatic heterocycles. The van der Waals surface area contributed by atoms with Crippen LogP contribution in [0.15, 0.2) is 32.3 Å². The van der Waals surface area contributed by atoms with E-state index in [9.17, 15) is 17.6 Å². The van der Waals surface area contributed by atoms with Crippen molar-refractivity contribution in [3.05, 3.63) is 28.7 Å². The number of hydrogen-bond acceptors (Lipinski definition) is 4. The summed E-state index contributed by atoms with van der Waals surface area (Å²) >= 11 is 0. The Bertz CT molecular complexity index is 847. The molecule has 0 aliphatic carbocycles. The van der Waals surface area contributed by atoms with Gasteiger partial charge < -0.3 is 4.42 Å². The molecule has 0 saturated carbocycles. The quantitative estimate of drug-likeness (QED) is 0.856. The summed E-state index contributed by atoms with van der Waals surface area (Å²) in [4.78, 5) is 11.6. The molecule has 22 heavy (non-hydrogen) atoms. The Balaban J connectivity index is 1.95. The van der Waals surface area contributed by atoms with E-state index in [1.54, 1.807) is 0 Å². The van der Waals surface area contributed by atoms with Gasteiger partial charge in [-0.3, -0.25) is 8.96 Å². The van der Waals surface area contributed by atoms with Gasteiger partial charge in [0.1, 0.15) is 0 Å². The lowest BCUT2D eigenvalue weighted by atomic mass is 10.0. The van der Waals surface area contributed by atoms with Gasteiger partial charge in [0.05, 0.1) is 17.1 Å². The molecule has 0 spiro atoms. The van der Waals surface area contributed by atoms with Gasteiger partial charge in [-0.25, -0.2) is 13.2 Å². The van der Waals surface area contributed by atoms with Crippen molar-refractivity contribution in [2.45, 2.75) is 17.7 Å². The molecule has 1 aliphatic rings. The van der Waals surface area contributed by atoms with Crippen LogP contribution in [0.25, 0.3) is 11.1 Å². The maximum absolute atomic E-state index is 12.7. The number of oxazole rings is 1. The molecule has 0 N–H and O–H groups in total. The summed E-state index contributed by atoms with van der Waals surface area (Å²) in [5.41, 5.74) is 0.785. The van der Waals surface area contributed by atoms with E-state index in [1.807, 2.05) is 0 Å². The molecule has 1 fully saturated rings. The molecule has 6 nitrogen and oxygen atoms in total. The Morgan fingerprint density at radius 3 is 2.64 bits per heavy atom. The Labute approximate surface area is 127 Å². The number of piperidine rings is 1. The lowest BCUT2D eigenvalue weighted by Crippen LogP contribution is -2.38. The highest BCUT2D eigenvalue weighted by Gasteiger charge is 2.29. The average molecular weight is 328 g/mol. The first-order valence-electron chi connectivity index (χ1n) is 7.09. The fourth-order valence-electron chi connectivity index (χ4n) is 2.72. The number of aromatic nitrogens is 1. The van der Waals surface area contributed by atoms with Crippen LogP contribution in [0.4, 0.5) is 4.39 Å². The Morgan fingerprint density at radius 2 is 2.00 bits per heavy atom. The molecular formula is C14H17FN2O4S. The van der Waals surface area contributed by atoms with Crippen molar-refractivity contribution in [1.29, 1.82) is 0 Å². The summed E-state index contributed by atoms with van der Waals surface area (Å²) < 4.78 is 45.6. The lowest BCUT2D eigenvalue weighted by Gasteiger charge is -2.29. The topological polar surface area (TPSA) is 72.5 Å². The second-order valence-electron chi connectivity index (χ2n) is 5.56. The van der Waals surface area contributed by atoms with Crippen LogP contribution < -0.4 is 5.76 Å². The Hall–Kier alpha value is -1.67. The molecular weight excluding hydrogens is 311 g/mol. The van der Waals surface area contributed by atoms with Gasteiger partial charge in [0.15, 0.2) is 5.58 Å². The van der Waals surface area contributed by atoms with E-state index in [1.165, 1.54) is 34.1 Å². The Kier molecular flexibility index (Phi) is 3.82. The number of aryl methyl sites for hydroxylation is 1. The predicted molar refractivity (Wildman–Crippen MR) is 78.9 cm³/mol.